The Hall–Kier alpha value is -6.42. The van der Waals surface area contributed by atoms with Crippen LogP contribution in [0.3, 0.4) is 0 Å². The predicted octanol–water partition coefficient (Wildman–Crippen LogP) is 14.9. The molecule has 9 aromatic rings. The molecule has 3 heterocycles. The van der Waals surface area contributed by atoms with Gasteiger partial charge in [0, 0.05) is 73.8 Å². The van der Waals surface area contributed by atoms with Crippen molar-refractivity contribution in [1.82, 2.24) is 9.55 Å². The maximum Gasteiger partial charge on any atom is 0.135 e. The number of ether oxygens (including phenoxy) is 1. The van der Waals surface area contributed by atoms with Crippen LogP contribution in [-0.4, -0.2) is 9.55 Å². The van der Waals surface area contributed by atoms with Crippen molar-refractivity contribution in [1.29, 1.82) is 0 Å². The summed E-state index contributed by atoms with van der Waals surface area (Å²) in [5.41, 5.74) is 6.42. The molecule has 7 aromatic carbocycles. The van der Waals surface area contributed by atoms with Gasteiger partial charge in [-0.2, -0.15) is 12.1 Å². The summed E-state index contributed by atoms with van der Waals surface area (Å²) in [5.74, 6) is 0.361. The van der Waals surface area contributed by atoms with Gasteiger partial charge >= 0.3 is 0 Å². The third-order valence-electron chi connectivity index (χ3n) is 10.9. The Morgan fingerprint density at radius 3 is 2.05 bits per heavy atom. The third kappa shape index (κ3) is 7.49. The zero-order chi connectivity index (χ0) is 51.5. The Bertz CT molecular complexity index is 3710. The van der Waals surface area contributed by atoms with E-state index < -0.39 is 30.2 Å². The number of rotatable bonds is 7. The first kappa shape index (κ1) is 29.8. The molecule has 0 amide bonds. The van der Waals surface area contributed by atoms with Gasteiger partial charge in [0.25, 0.3) is 0 Å². The Kier molecular flexibility index (Phi) is 7.74. The molecule has 1 aliphatic heterocycles. The summed E-state index contributed by atoms with van der Waals surface area (Å²) in [6.45, 7) is 14.4. The van der Waals surface area contributed by atoms with Crippen LogP contribution in [0.15, 0.2) is 170 Å². The number of anilines is 4. The number of pyridine rings is 1. The number of benzene rings is 7. The average Bonchev–Trinajstić information content (AvgIpc) is 3.92. The average molecular weight is 998 g/mol. The van der Waals surface area contributed by atoms with Crippen molar-refractivity contribution in [3.63, 3.8) is 0 Å². The van der Waals surface area contributed by atoms with Gasteiger partial charge in [-0.3, -0.25) is 0 Å². The minimum absolute atomic E-state index is 0. The fourth-order valence-corrected chi connectivity index (χ4v) is 7.79. The van der Waals surface area contributed by atoms with Crippen molar-refractivity contribution in [3.05, 3.63) is 200 Å². The van der Waals surface area contributed by atoms with Gasteiger partial charge in [-0.05, 0) is 70.1 Å². The van der Waals surface area contributed by atoms with Crippen molar-refractivity contribution in [2.75, 3.05) is 9.80 Å². The zero-order valence-corrected chi connectivity index (χ0v) is 37.2. The molecule has 0 atom stereocenters. The summed E-state index contributed by atoms with van der Waals surface area (Å²) >= 11 is 0. The molecule has 0 aliphatic carbocycles. The zero-order valence-electron chi connectivity index (χ0n) is 45.9. The first-order chi connectivity index (χ1) is 34.1. The topological polar surface area (TPSA) is 33.5 Å². The van der Waals surface area contributed by atoms with E-state index in [0.717, 1.165) is 33.6 Å². The van der Waals surface area contributed by atoms with Crippen molar-refractivity contribution in [3.8, 4) is 39.6 Å². The SMILES string of the molecule is [2H]c1c([2H])c([2H])c(-c2cccc(-c3cccc(C(C)(C)C)c3)c2N2[CH-]N(c3[c-]c(Oc4[c-]c5c(c([2H])c4[2H])c4c([2H])c([2H])c([2H])c([2H])c4n5-c4cc(C(C)(C)C)ccn4)ccc3)c3ccccc32)c([2H])c1[2H].[Pt]. The number of hydrogen-bond donors (Lipinski definition) is 0. The molecular formula is C56H47N4OPt-3. The molecule has 0 saturated carbocycles. The first-order valence-electron chi connectivity index (χ1n) is 25.6. The van der Waals surface area contributed by atoms with E-state index in [1.165, 1.54) is 0 Å². The normalized spacial score (nSPS) is 15.2. The number of fused-ring (bicyclic) bond motifs is 4. The van der Waals surface area contributed by atoms with Crippen LogP contribution in [0.4, 0.5) is 22.7 Å². The maximum atomic E-state index is 9.35. The molecule has 0 spiro atoms. The molecule has 6 heteroatoms. The summed E-state index contributed by atoms with van der Waals surface area (Å²) in [6.07, 6.45) is 1.63. The molecule has 5 nitrogen and oxygen atoms in total. The fourth-order valence-electron chi connectivity index (χ4n) is 7.79. The van der Waals surface area contributed by atoms with Crippen molar-refractivity contribution < 1.29 is 40.9 Å². The third-order valence-corrected chi connectivity index (χ3v) is 10.9. The van der Waals surface area contributed by atoms with E-state index in [1.54, 1.807) is 29.0 Å². The van der Waals surface area contributed by atoms with Crippen LogP contribution in [-0.2, 0) is 31.9 Å². The van der Waals surface area contributed by atoms with Gasteiger partial charge in [-0.15, -0.1) is 48.1 Å². The van der Waals surface area contributed by atoms with E-state index in [4.69, 9.17) is 17.1 Å². The molecular weight excluding hydrogens is 940 g/mol. The van der Waals surface area contributed by atoms with Gasteiger partial charge in [0.1, 0.15) is 5.82 Å². The van der Waals surface area contributed by atoms with E-state index in [0.29, 0.717) is 22.8 Å². The molecule has 62 heavy (non-hydrogen) atoms. The molecule has 0 N–H and O–H groups in total. The Labute approximate surface area is 395 Å². The Balaban J connectivity index is 0.00000656. The van der Waals surface area contributed by atoms with E-state index in [1.807, 2.05) is 104 Å². The van der Waals surface area contributed by atoms with Crippen LogP contribution < -0.4 is 14.5 Å². The largest absolute Gasteiger partial charge is 0.509 e. The molecule has 10 rings (SSSR count). The number of nitrogens with zero attached hydrogens (tertiary/aromatic N) is 4. The second-order valence-electron chi connectivity index (χ2n) is 17.0. The second kappa shape index (κ2) is 16.1. The van der Waals surface area contributed by atoms with Crippen molar-refractivity contribution in [2.45, 2.75) is 52.4 Å². The molecule has 0 unspecified atom stereocenters. The molecule has 2 aromatic heterocycles. The van der Waals surface area contributed by atoms with Crippen LogP contribution >= 0.6 is 0 Å². The van der Waals surface area contributed by atoms with E-state index in [9.17, 15) is 2.74 Å². The van der Waals surface area contributed by atoms with E-state index in [-0.39, 0.29) is 107 Å². The Morgan fingerprint density at radius 2 is 1.27 bits per heavy atom. The summed E-state index contributed by atoms with van der Waals surface area (Å²) in [5, 5.41) is 0.173. The summed E-state index contributed by atoms with van der Waals surface area (Å²) in [7, 11) is 0. The quantitative estimate of drug-likeness (QED) is 0.149. The van der Waals surface area contributed by atoms with E-state index >= 15 is 0 Å². The van der Waals surface area contributed by atoms with Gasteiger partial charge in [0.05, 0.1) is 12.3 Å². The molecule has 310 valence electrons. The van der Waals surface area contributed by atoms with Crippen LogP contribution in [0.25, 0.3) is 49.9 Å². The van der Waals surface area contributed by atoms with Gasteiger partial charge in [0.2, 0.25) is 0 Å². The maximum absolute atomic E-state index is 9.35. The van der Waals surface area contributed by atoms with E-state index in [2.05, 4.69) is 50.0 Å². The first-order valence-corrected chi connectivity index (χ1v) is 20.1. The molecule has 0 radical (unpaired) electrons. The smallest absolute Gasteiger partial charge is 0.135 e. The molecule has 0 bridgehead atoms. The van der Waals surface area contributed by atoms with Crippen molar-refractivity contribution in [2.24, 2.45) is 0 Å². The van der Waals surface area contributed by atoms with Gasteiger partial charge in [0.15, 0.2) is 0 Å². The molecule has 1 aliphatic rings. The number of aromatic nitrogens is 2. The van der Waals surface area contributed by atoms with Gasteiger partial charge in [-0.1, -0.05) is 150 Å². The Morgan fingerprint density at radius 1 is 0.597 bits per heavy atom. The fraction of sp³-hybridized carbons (Fsp3) is 0.143. The van der Waals surface area contributed by atoms with Crippen molar-refractivity contribution >= 4 is 44.6 Å². The van der Waals surface area contributed by atoms with Crippen LogP contribution in [0.1, 0.15) is 67.7 Å². The summed E-state index contributed by atoms with van der Waals surface area (Å²) in [4.78, 5) is 8.50. The van der Waals surface area contributed by atoms with Crippen LogP contribution in [0.5, 0.6) is 11.5 Å². The van der Waals surface area contributed by atoms with Gasteiger partial charge < -0.3 is 19.1 Å². The minimum Gasteiger partial charge on any atom is -0.509 e. The van der Waals surface area contributed by atoms with Gasteiger partial charge in [-0.25, -0.2) is 4.98 Å². The summed E-state index contributed by atoms with van der Waals surface area (Å²) in [6, 6.07) is 32.6. The molecule has 0 fully saturated rings. The number of para-hydroxylation sites is 4. The predicted molar refractivity (Wildman–Crippen MR) is 252 cm³/mol. The monoisotopic (exact) mass is 997 g/mol. The summed E-state index contributed by atoms with van der Waals surface area (Å²) < 4.78 is 106. The van der Waals surface area contributed by atoms with Crippen LogP contribution in [0, 0.1) is 18.8 Å². The minimum atomic E-state index is -0.486. The molecule has 0 saturated heterocycles. The number of hydrogen-bond acceptors (Lipinski definition) is 4. The second-order valence-corrected chi connectivity index (χ2v) is 17.0. The van der Waals surface area contributed by atoms with Crippen LogP contribution in [0.2, 0.25) is 0 Å². The standard InChI is InChI=1S/C56H47N4O.Pt/c1-55(2,3)40-20-14-19-39(33-40)46-25-16-24-45(38-17-8-7-9-18-38)54(46)59-37-58(50-27-12-13-28-51(50)59)42-21-15-22-43(35-42)61-44-29-30-48-47-23-10-11-26-49(47)60(52(48)36-44)53-34-41(31-32-57-53)56(4,5)6;/h7-34,37H,1-6H3;/q-3;/i7D,8D,9D,10D,11D,17D,18D,23D,26D,29D,30D;.